The van der Waals surface area contributed by atoms with Crippen molar-refractivity contribution in [1.82, 2.24) is 10.6 Å². The number of carbonyl (C=O) groups excluding carboxylic acids is 3. The molecule has 0 aromatic carbocycles. The fraction of sp³-hybridized carbons (Fsp3) is 0.462. The van der Waals surface area contributed by atoms with E-state index >= 15 is 0 Å². The van der Waals surface area contributed by atoms with Gasteiger partial charge in [-0.25, -0.2) is 4.79 Å². The summed E-state index contributed by atoms with van der Waals surface area (Å²) >= 11 is 1.36. The van der Waals surface area contributed by atoms with E-state index in [2.05, 4.69) is 16.0 Å². The van der Waals surface area contributed by atoms with Gasteiger partial charge in [-0.15, -0.1) is 11.3 Å². The molecule has 1 aromatic rings. The molecule has 0 unspecified atom stereocenters. The molecule has 2 rings (SSSR count). The minimum absolute atomic E-state index is 0.128. The molecular formula is C13H17N3O4S. The first-order valence-corrected chi connectivity index (χ1v) is 7.32. The summed E-state index contributed by atoms with van der Waals surface area (Å²) in [6.45, 7) is 2.66. The molecule has 0 saturated heterocycles. The summed E-state index contributed by atoms with van der Waals surface area (Å²) in [7, 11) is 1.32. The summed E-state index contributed by atoms with van der Waals surface area (Å²) in [6.07, 6.45) is 0.720. The number of rotatable bonds is 4. The maximum atomic E-state index is 12.0. The smallest absolute Gasteiger partial charge is 0.341 e. The molecule has 1 aliphatic rings. The van der Waals surface area contributed by atoms with Crippen molar-refractivity contribution < 1.29 is 19.1 Å². The van der Waals surface area contributed by atoms with Gasteiger partial charge in [0.15, 0.2) is 0 Å². The fourth-order valence-electron chi connectivity index (χ4n) is 2.12. The van der Waals surface area contributed by atoms with Crippen LogP contribution in [0.1, 0.15) is 27.7 Å². The highest BCUT2D eigenvalue weighted by molar-refractivity contribution is 7.17. The molecule has 0 aliphatic carbocycles. The van der Waals surface area contributed by atoms with Crippen LogP contribution in [0.2, 0.25) is 0 Å². The normalized spacial score (nSPS) is 13.2. The van der Waals surface area contributed by atoms with Crippen LogP contribution in [-0.2, 0) is 27.3 Å². The van der Waals surface area contributed by atoms with E-state index in [-0.39, 0.29) is 18.4 Å². The van der Waals surface area contributed by atoms with E-state index in [0.29, 0.717) is 17.1 Å². The number of esters is 1. The van der Waals surface area contributed by atoms with Gasteiger partial charge in [0.1, 0.15) is 5.00 Å². The lowest BCUT2D eigenvalue weighted by atomic mass is 10.0. The number of hydrogen-bond donors (Lipinski definition) is 3. The van der Waals surface area contributed by atoms with Gasteiger partial charge in [-0.05, 0) is 18.5 Å². The van der Waals surface area contributed by atoms with Crippen molar-refractivity contribution in [3.05, 3.63) is 16.0 Å². The Hall–Kier alpha value is -1.93. The summed E-state index contributed by atoms with van der Waals surface area (Å²) < 4.78 is 4.81. The molecule has 0 bridgehead atoms. The zero-order valence-electron chi connectivity index (χ0n) is 11.9. The quantitative estimate of drug-likeness (QED) is 0.693. The summed E-state index contributed by atoms with van der Waals surface area (Å²) in [5.74, 6) is -1.11. The van der Waals surface area contributed by atoms with E-state index in [9.17, 15) is 14.4 Å². The maximum absolute atomic E-state index is 12.0. The second-order valence-electron chi connectivity index (χ2n) is 4.58. The van der Waals surface area contributed by atoms with E-state index in [1.54, 1.807) is 0 Å². The van der Waals surface area contributed by atoms with Gasteiger partial charge >= 0.3 is 5.97 Å². The van der Waals surface area contributed by atoms with Gasteiger partial charge in [-0.1, -0.05) is 0 Å². The highest BCUT2D eigenvalue weighted by Crippen LogP contribution is 2.35. The Balaban J connectivity index is 2.22. The first-order valence-electron chi connectivity index (χ1n) is 6.50. The van der Waals surface area contributed by atoms with Crippen molar-refractivity contribution in [2.75, 3.05) is 25.5 Å². The van der Waals surface area contributed by atoms with Crippen LogP contribution in [0.5, 0.6) is 0 Å². The number of fused-ring (bicyclic) bond motifs is 1. The van der Waals surface area contributed by atoms with Crippen LogP contribution in [0.3, 0.4) is 0 Å². The van der Waals surface area contributed by atoms with Gasteiger partial charge in [-0.2, -0.15) is 0 Å². The molecule has 0 atom stereocenters. The molecule has 2 amide bonds. The standard InChI is InChI=1S/C13H17N3O4S/c1-7(17)15-6-10(18)16-12-11(13(19)20-2)8-3-4-14-5-9(8)21-12/h14H,3-6H2,1-2H3,(H,15,17)(H,16,18). The largest absolute Gasteiger partial charge is 0.465 e. The number of methoxy groups -OCH3 is 1. The number of thiophene rings is 1. The molecule has 2 heterocycles. The lowest BCUT2D eigenvalue weighted by molar-refractivity contribution is -0.122. The lowest BCUT2D eigenvalue weighted by Crippen LogP contribution is -2.31. The Kier molecular flexibility index (Phi) is 4.92. The predicted molar refractivity (Wildman–Crippen MR) is 78.4 cm³/mol. The van der Waals surface area contributed by atoms with Gasteiger partial charge in [0.2, 0.25) is 11.8 Å². The van der Waals surface area contributed by atoms with Crippen LogP contribution < -0.4 is 16.0 Å². The van der Waals surface area contributed by atoms with Crippen LogP contribution in [0.4, 0.5) is 5.00 Å². The molecule has 0 fully saturated rings. The van der Waals surface area contributed by atoms with Crippen molar-refractivity contribution in [3.8, 4) is 0 Å². The Bertz CT molecular complexity index is 582. The Labute approximate surface area is 126 Å². The minimum atomic E-state index is -0.454. The third-order valence-corrected chi connectivity index (χ3v) is 4.22. The first kappa shape index (κ1) is 15.5. The molecule has 8 heteroatoms. The lowest BCUT2D eigenvalue weighted by Gasteiger charge is -2.13. The van der Waals surface area contributed by atoms with Crippen molar-refractivity contribution in [3.63, 3.8) is 0 Å². The highest BCUT2D eigenvalue weighted by atomic mass is 32.1. The maximum Gasteiger partial charge on any atom is 0.341 e. The van der Waals surface area contributed by atoms with Gasteiger partial charge in [0.25, 0.3) is 0 Å². The average Bonchev–Trinajstić information content (AvgIpc) is 2.82. The summed E-state index contributed by atoms with van der Waals surface area (Å²) in [5, 5.41) is 8.79. The van der Waals surface area contributed by atoms with Crippen LogP contribution >= 0.6 is 11.3 Å². The second-order valence-corrected chi connectivity index (χ2v) is 5.69. The van der Waals surface area contributed by atoms with E-state index in [0.717, 1.165) is 23.4 Å². The fourth-order valence-corrected chi connectivity index (χ4v) is 3.34. The van der Waals surface area contributed by atoms with Crippen molar-refractivity contribution in [2.45, 2.75) is 19.9 Å². The molecule has 1 aliphatic heterocycles. The van der Waals surface area contributed by atoms with Crippen LogP contribution in [0.25, 0.3) is 0 Å². The monoisotopic (exact) mass is 311 g/mol. The molecule has 21 heavy (non-hydrogen) atoms. The topological polar surface area (TPSA) is 96.5 Å². The van der Waals surface area contributed by atoms with Crippen LogP contribution in [-0.4, -0.2) is 38.0 Å². The summed E-state index contributed by atoms with van der Waals surface area (Å²) in [4.78, 5) is 35.6. The van der Waals surface area contributed by atoms with Crippen LogP contribution in [0.15, 0.2) is 0 Å². The molecule has 114 valence electrons. The van der Waals surface area contributed by atoms with E-state index in [4.69, 9.17) is 4.74 Å². The van der Waals surface area contributed by atoms with E-state index in [1.807, 2.05) is 0 Å². The van der Waals surface area contributed by atoms with E-state index in [1.165, 1.54) is 25.4 Å². The summed E-state index contributed by atoms with van der Waals surface area (Å²) in [5.41, 5.74) is 1.36. The van der Waals surface area contributed by atoms with Gasteiger partial charge in [-0.3, -0.25) is 9.59 Å². The molecule has 0 radical (unpaired) electrons. The third kappa shape index (κ3) is 3.59. The average molecular weight is 311 g/mol. The molecule has 0 saturated carbocycles. The Morgan fingerprint density at radius 1 is 1.38 bits per heavy atom. The molecule has 0 spiro atoms. The second kappa shape index (κ2) is 6.68. The zero-order chi connectivity index (χ0) is 15.4. The first-order chi connectivity index (χ1) is 10.0. The SMILES string of the molecule is COC(=O)c1c(NC(=O)CNC(C)=O)sc2c1CCNC2. The Morgan fingerprint density at radius 2 is 2.14 bits per heavy atom. The highest BCUT2D eigenvalue weighted by Gasteiger charge is 2.26. The molecule has 3 N–H and O–H groups in total. The molecule has 1 aromatic heterocycles. The summed E-state index contributed by atoms with van der Waals surface area (Å²) in [6, 6.07) is 0. The Morgan fingerprint density at radius 3 is 2.81 bits per heavy atom. The van der Waals surface area contributed by atoms with Crippen molar-refractivity contribution >= 4 is 34.1 Å². The van der Waals surface area contributed by atoms with Crippen LogP contribution in [0, 0.1) is 0 Å². The number of anilines is 1. The number of nitrogens with one attached hydrogen (secondary N) is 3. The third-order valence-electron chi connectivity index (χ3n) is 3.07. The van der Waals surface area contributed by atoms with Gasteiger partial charge < -0.3 is 20.7 Å². The zero-order valence-corrected chi connectivity index (χ0v) is 12.7. The number of hydrogen-bond acceptors (Lipinski definition) is 6. The number of ether oxygens (including phenoxy) is 1. The number of amides is 2. The predicted octanol–water partition coefficient (Wildman–Crippen LogP) is 0.255. The number of carbonyl (C=O) groups is 3. The van der Waals surface area contributed by atoms with Crippen molar-refractivity contribution in [1.29, 1.82) is 0 Å². The molecular weight excluding hydrogens is 294 g/mol. The minimum Gasteiger partial charge on any atom is -0.465 e. The van der Waals surface area contributed by atoms with Gasteiger partial charge in [0.05, 0.1) is 19.2 Å². The molecule has 7 nitrogen and oxygen atoms in total. The van der Waals surface area contributed by atoms with Gasteiger partial charge in [0, 0.05) is 18.3 Å². The van der Waals surface area contributed by atoms with Crippen molar-refractivity contribution in [2.24, 2.45) is 0 Å². The van der Waals surface area contributed by atoms with E-state index < -0.39 is 5.97 Å².